The number of carbonyl (C=O) groups is 2. The monoisotopic (exact) mass is 481 g/mol. The lowest BCUT2D eigenvalue weighted by molar-refractivity contribution is -0.141. The number of sulfonamides is 1. The van der Waals surface area contributed by atoms with Gasteiger partial charge in [-0.15, -0.1) is 0 Å². The van der Waals surface area contributed by atoms with Gasteiger partial charge in [0.2, 0.25) is 21.8 Å². The summed E-state index contributed by atoms with van der Waals surface area (Å²) in [7, 11) is -2.30. The summed E-state index contributed by atoms with van der Waals surface area (Å²) in [5.74, 6) is -1.80. The largest absolute Gasteiger partial charge is 0.357 e. The van der Waals surface area contributed by atoms with Crippen molar-refractivity contribution in [2.75, 3.05) is 24.2 Å². The molecule has 2 rings (SSSR count). The van der Waals surface area contributed by atoms with E-state index in [2.05, 4.69) is 5.32 Å². The maximum absolute atomic E-state index is 14.2. The summed E-state index contributed by atoms with van der Waals surface area (Å²) in [6.45, 7) is 1.76. The van der Waals surface area contributed by atoms with Gasteiger partial charge in [0.15, 0.2) is 0 Å². The van der Waals surface area contributed by atoms with E-state index in [0.29, 0.717) is 12.0 Å². The van der Waals surface area contributed by atoms with E-state index in [1.54, 1.807) is 6.92 Å². The average Bonchev–Trinajstić information content (AvgIpc) is 2.77. The zero-order chi connectivity index (χ0) is 24.6. The van der Waals surface area contributed by atoms with Crippen LogP contribution in [0.2, 0.25) is 0 Å². The molecule has 1 N–H and O–H groups in total. The van der Waals surface area contributed by atoms with Crippen molar-refractivity contribution in [2.24, 2.45) is 0 Å². The molecule has 10 heteroatoms. The number of amides is 2. The van der Waals surface area contributed by atoms with Crippen LogP contribution in [-0.2, 0) is 26.2 Å². The van der Waals surface area contributed by atoms with Crippen molar-refractivity contribution in [1.82, 2.24) is 10.2 Å². The van der Waals surface area contributed by atoms with Crippen LogP contribution < -0.4 is 9.62 Å². The van der Waals surface area contributed by atoms with Crippen LogP contribution in [-0.4, -0.2) is 51.0 Å². The van der Waals surface area contributed by atoms with E-state index in [9.17, 15) is 26.8 Å². The average molecular weight is 482 g/mol. The van der Waals surface area contributed by atoms with E-state index < -0.39 is 27.7 Å². The summed E-state index contributed by atoms with van der Waals surface area (Å²) >= 11 is 0. The molecule has 180 valence electrons. The molecule has 0 bridgehead atoms. The van der Waals surface area contributed by atoms with Gasteiger partial charge in [-0.05, 0) is 42.7 Å². The molecule has 0 heterocycles. The number of benzene rings is 2. The Morgan fingerprint density at radius 3 is 2.24 bits per heavy atom. The Kier molecular flexibility index (Phi) is 9.33. The maximum Gasteiger partial charge on any atom is 0.242 e. The number of likely N-dealkylation sites (N-methyl/N-ethyl adjacent to an activating group) is 1. The highest BCUT2D eigenvalue weighted by atomic mass is 32.2. The number of halogens is 2. The summed E-state index contributed by atoms with van der Waals surface area (Å²) in [6.07, 6.45) is 1.39. The zero-order valence-corrected chi connectivity index (χ0v) is 19.7. The fraction of sp³-hybridized carbons (Fsp3) is 0.391. The number of para-hydroxylation sites is 1. The normalized spacial score (nSPS) is 12.2. The highest BCUT2D eigenvalue weighted by molar-refractivity contribution is 7.92. The summed E-state index contributed by atoms with van der Waals surface area (Å²) in [5, 5.41) is 2.55. The maximum atomic E-state index is 14.2. The van der Waals surface area contributed by atoms with Crippen molar-refractivity contribution >= 4 is 27.5 Å². The number of nitrogens with zero attached hydrogens (tertiary/aromatic N) is 2. The van der Waals surface area contributed by atoms with Crippen LogP contribution in [0.25, 0.3) is 0 Å². The molecule has 0 saturated carbocycles. The third-order valence-electron chi connectivity index (χ3n) is 5.17. The lowest BCUT2D eigenvalue weighted by Gasteiger charge is -2.30. The van der Waals surface area contributed by atoms with E-state index in [4.69, 9.17) is 0 Å². The summed E-state index contributed by atoms with van der Waals surface area (Å²) in [4.78, 5) is 26.9. The lowest BCUT2D eigenvalue weighted by Crippen LogP contribution is -2.48. The Balaban J connectivity index is 2.19. The van der Waals surface area contributed by atoms with Crippen LogP contribution in [0.5, 0.6) is 0 Å². The summed E-state index contributed by atoms with van der Waals surface area (Å²) in [6, 6.07) is 10.4. The molecule has 0 aliphatic carbocycles. The summed E-state index contributed by atoms with van der Waals surface area (Å²) < 4.78 is 52.8. The van der Waals surface area contributed by atoms with Crippen LogP contribution >= 0.6 is 0 Å². The van der Waals surface area contributed by atoms with Gasteiger partial charge >= 0.3 is 0 Å². The van der Waals surface area contributed by atoms with Crippen molar-refractivity contribution in [2.45, 2.75) is 38.8 Å². The van der Waals surface area contributed by atoms with Crippen molar-refractivity contribution in [1.29, 1.82) is 0 Å². The first-order chi connectivity index (χ1) is 15.6. The molecule has 33 heavy (non-hydrogen) atoms. The number of rotatable bonds is 11. The zero-order valence-electron chi connectivity index (χ0n) is 18.9. The SMILES string of the molecule is CC[C@@H](C(=O)NC)N(Cc1ccc(F)cc1)C(=O)CCCN(c1ccccc1F)S(C)(=O)=O. The van der Waals surface area contributed by atoms with Gasteiger partial charge < -0.3 is 10.2 Å². The molecule has 0 saturated heterocycles. The third-order valence-corrected chi connectivity index (χ3v) is 6.35. The Hall–Kier alpha value is -3.01. The molecule has 2 aromatic rings. The Morgan fingerprint density at radius 2 is 1.70 bits per heavy atom. The van der Waals surface area contributed by atoms with E-state index in [1.807, 2.05) is 0 Å². The second-order valence-electron chi connectivity index (χ2n) is 7.58. The number of nitrogens with one attached hydrogen (secondary N) is 1. The minimum Gasteiger partial charge on any atom is -0.357 e. The van der Waals surface area contributed by atoms with E-state index in [0.717, 1.165) is 16.6 Å². The van der Waals surface area contributed by atoms with Gasteiger partial charge in [-0.1, -0.05) is 31.2 Å². The molecular weight excluding hydrogens is 452 g/mol. The molecule has 0 radical (unpaired) electrons. The van der Waals surface area contributed by atoms with Gasteiger partial charge in [-0.3, -0.25) is 13.9 Å². The van der Waals surface area contributed by atoms with Crippen molar-refractivity contribution in [3.8, 4) is 0 Å². The van der Waals surface area contributed by atoms with Crippen LogP contribution in [0.3, 0.4) is 0 Å². The first-order valence-electron chi connectivity index (χ1n) is 10.6. The molecule has 0 spiro atoms. The number of hydrogen-bond acceptors (Lipinski definition) is 4. The smallest absolute Gasteiger partial charge is 0.242 e. The molecule has 2 amide bonds. The molecule has 7 nitrogen and oxygen atoms in total. The number of carbonyl (C=O) groups excluding carboxylic acids is 2. The van der Waals surface area contributed by atoms with Crippen molar-refractivity contribution in [3.05, 3.63) is 65.7 Å². The molecule has 0 aliphatic rings. The van der Waals surface area contributed by atoms with Crippen molar-refractivity contribution < 1.29 is 26.8 Å². The molecule has 2 aromatic carbocycles. The summed E-state index contributed by atoms with van der Waals surface area (Å²) in [5.41, 5.74) is 0.559. The van der Waals surface area contributed by atoms with Crippen LogP contribution in [0.15, 0.2) is 48.5 Å². The van der Waals surface area contributed by atoms with Gasteiger partial charge in [0.1, 0.15) is 17.7 Å². The minimum absolute atomic E-state index is 0.0604. The van der Waals surface area contributed by atoms with Crippen LogP contribution in [0, 0.1) is 11.6 Å². The molecule has 1 atom stereocenters. The Morgan fingerprint density at radius 1 is 1.06 bits per heavy atom. The van der Waals surface area contributed by atoms with Gasteiger partial charge in [-0.25, -0.2) is 17.2 Å². The van der Waals surface area contributed by atoms with E-state index in [-0.39, 0.29) is 43.4 Å². The minimum atomic E-state index is -3.78. The van der Waals surface area contributed by atoms with Crippen molar-refractivity contribution in [3.63, 3.8) is 0 Å². The van der Waals surface area contributed by atoms with E-state index >= 15 is 0 Å². The fourth-order valence-corrected chi connectivity index (χ4v) is 4.48. The lowest BCUT2D eigenvalue weighted by atomic mass is 10.1. The second-order valence-corrected chi connectivity index (χ2v) is 9.48. The molecule has 0 aromatic heterocycles. The molecular formula is C23H29F2N3O4S. The topological polar surface area (TPSA) is 86.8 Å². The van der Waals surface area contributed by atoms with Gasteiger partial charge in [0, 0.05) is 26.6 Å². The molecule has 0 unspecified atom stereocenters. The highest BCUT2D eigenvalue weighted by Crippen LogP contribution is 2.22. The molecule has 0 fully saturated rings. The first kappa shape index (κ1) is 26.2. The number of anilines is 1. The third kappa shape index (κ3) is 7.24. The highest BCUT2D eigenvalue weighted by Gasteiger charge is 2.28. The predicted octanol–water partition coefficient (Wildman–Crippen LogP) is 3.06. The van der Waals surface area contributed by atoms with Gasteiger partial charge in [0.25, 0.3) is 0 Å². The Labute approximate surface area is 193 Å². The van der Waals surface area contributed by atoms with Crippen LogP contribution in [0.1, 0.15) is 31.7 Å². The first-order valence-corrected chi connectivity index (χ1v) is 12.4. The standard InChI is InChI=1S/C23H29F2N3O4S/c1-4-20(23(30)26-2)27(16-17-11-13-18(24)14-12-17)22(29)10-7-15-28(33(3,31)32)21-9-6-5-8-19(21)25/h5-6,8-9,11-14,20H,4,7,10,15-16H2,1-3H3,(H,26,30)/t20-/m0/s1. The Bertz CT molecular complexity index is 1060. The van der Waals surface area contributed by atoms with Gasteiger partial charge in [0.05, 0.1) is 11.9 Å². The fourth-order valence-electron chi connectivity index (χ4n) is 3.51. The predicted molar refractivity (Wildman–Crippen MR) is 123 cm³/mol. The molecule has 0 aliphatic heterocycles. The number of hydrogen-bond donors (Lipinski definition) is 1. The quantitative estimate of drug-likeness (QED) is 0.535. The van der Waals surface area contributed by atoms with Crippen LogP contribution in [0.4, 0.5) is 14.5 Å². The second kappa shape index (κ2) is 11.7. The van der Waals surface area contributed by atoms with E-state index in [1.165, 1.54) is 54.4 Å². The van der Waals surface area contributed by atoms with Gasteiger partial charge in [-0.2, -0.15) is 0 Å².